The van der Waals surface area contributed by atoms with Crippen LogP contribution < -0.4 is 10.6 Å². The third-order valence-corrected chi connectivity index (χ3v) is 2.49. The predicted octanol–water partition coefficient (Wildman–Crippen LogP) is 0.0760. The van der Waals surface area contributed by atoms with Crippen LogP contribution in [-0.2, 0) is 4.74 Å². The van der Waals surface area contributed by atoms with Crippen molar-refractivity contribution in [2.75, 3.05) is 26.2 Å². The fourth-order valence-corrected chi connectivity index (χ4v) is 1.86. The zero-order valence-corrected chi connectivity index (χ0v) is 6.86. The van der Waals surface area contributed by atoms with Gasteiger partial charge in [0.25, 0.3) is 0 Å². The van der Waals surface area contributed by atoms with Crippen LogP contribution in [0.1, 0.15) is 19.3 Å². The molecule has 0 aromatic rings. The average Bonchev–Trinajstić information content (AvgIpc) is 2.07. The summed E-state index contributed by atoms with van der Waals surface area (Å²) in [6.07, 6.45) is 3.55. The van der Waals surface area contributed by atoms with Crippen LogP contribution >= 0.6 is 0 Å². The largest absolute Gasteiger partial charge is 0.359 e. The number of hydrogen-bond acceptors (Lipinski definition) is 3. The van der Waals surface area contributed by atoms with Gasteiger partial charge in [-0.05, 0) is 32.4 Å². The van der Waals surface area contributed by atoms with Crippen LogP contribution in [0.3, 0.4) is 0 Å². The van der Waals surface area contributed by atoms with Crippen LogP contribution in [0.15, 0.2) is 0 Å². The van der Waals surface area contributed by atoms with E-state index in [1.807, 2.05) is 0 Å². The minimum atomic E-state index is -0.00347. The van der Waals surface area contributed by atoms with E-state index >= 15 is 0 Å². The summed E-state index contributed by atoms with van der Waals surface area (Å²) < 4.78 is 5.73. The van der Waals surface area contributed by atoms with Gasteiger partial charge in [0.2, 0.25) is 0 Å². The fraction of sp³-hybridized carbons (Fsp3) is 1.00. The molecule has 0 saturated carbocycles. The summed E-state index contributed by atoms with van der Waals surface area (Å²) in [7, 11) is 0. The molecule has 2 N–H and O–H groups in total. The first kappa shape index (κ1) is 7.53. The second kappa shape index (κ2) is 3.09. The highest BCUT2D eigenvalue weighted by Crippen LogP contribution is 2.20. The number of nitrogens with one attached hydrogen (secondary N) is 2. The highest BCUT2D eigenvalue weighted by atomic mass is 16.5. The van der Waals surface area contributed by atoms with E-state index in [1.165, 1.54) is 12.8 Å². The maximum absolute atomic E-state index is 5.73. The monoisotopic (exact) mass is 156 g/mol. The lowest BCUT2D eigenvalue weighted by molar-refractivity contribution is -0.107. The summed E-state index contributed by atoms with van der Waals surface area (Å²) in [5, 5.41) is 6.81. The average molecular weight is 156 g/mol. The molecule has 1 unspecified atom stereocenters. The molecule has 64 valence electrons. The van der Waals surface area contributed by atoms with Crippen molar-refractivity contribution in [2.24, 2.45) is 0 Å². The lowest BCUT2D eigenvalue weighted by Gasteiger charge is -2.41. The molecular weight excluding hydrogens is 140 g/mol. The summed E-state index contributed by atoms with van der Waals surface area (Å²) in [6, 6.07) is 0. The minimum Gasteiger partial charge on any atom is -0.359 e. The summed E-state index contributed by atoms with van der Waals surface area (Å²) in [6.45, 7) is 4.16. The third kappa shape index (κ3) is 1.55. The molecule has 0 amide bonds. The number of ether oxygens (including phenoxy) is 1. The van der Waals surface area contributed by atoms with E-state index in [-0.39, 0.29) is 5.72 Å². The molecule has 0 radical (unpaired) electrons. The minimum absolute atomic E-state index is 0.00347. The molecule has 2 aliphatic heterocycles. The van der Waals surface area contributed by atoms with E-state index in [0.717, 1.165) is 32.7 Å². The van der Waals surface area contributed by atoms with Crippen LogP contribution in [0.4, 0.5) is 0 Å². The van der Waals surface area contributed by atoms with Crippen molar-refractivity contribution in [1.29, 1.82) is 0 Å². The van der Waals surface area contributed by atoms with Gasteiger partial charge in [0, 0.05) is 6.54 Å². The Labute approximate surface area is 67.5 Å². The molecular formula is C8H16N2O. The molecule has 2 aliphatic rings. The Morgan fingerprint density at radius 1 is 1.18 bits per heavy atom. The van der Waals surface area contributed by atoms with Crippen molar-refractivity contribution < 1.29 is 4.74 Å². The van der Waals surface area contributed by atoms with Crippen LogP contribution in [0.2, 0.25) is 0 Å². The number of rotatable bonds is 0. The Balaban J connectivity index is 1.94. The van der Waals surface area contributed by atoms with Crippen LogP contribution in [0.5, 0.6) is 0 Å². The van der Waals surface area contributed by atoms with Crippen LogP contribution in [0.25, 0.3) is 0 Å². The summed E-state index contributed by atoms with van der Waals surface area (Å²) in [4.78, 5) is 0. The van der Waals surface area contributed by atoms with Gasteiger partial charge in [0.15, 0.2) is 0 Å². The van der Waals surface area contributed by atoms with Gasteiger partial charge in [-0.3, -0.25) is 5.32 Å². The Morgan fingerprint density at radius 2 is 2.18 bits per heavy atom. The molecule has 2 heterocycles. The van der Waals surface area contributed by atoms with Gasteiger partial charge in [0.1, 0.15) is 5.72 Å². The molecule has 0 aliphatic carbocycles. The van der Waals surface area contributed by atoms with Gasteiger partial charge in [-0.15, -0.1) is 0 Å². The predicted molar refractivity (Wildman–Crippen MR) is 43.4 cm³/mol. The van der Waals surface area contributed by atoms with E-state index in [9.17, 15) is 0 Å². The van der Waals surface area contributed by atoms with Crippen molar-refractivity contribution in [3.63, 3.8) is 0 Å². The van der Waals surface area contributed by atoms with Gasteiger partial charge in [-0.25, -0.2) is 0 Å². The molecule has 0 bridgehead atoms. The first-order chi connectivity index (χ1) is 5.41. The highest BCUT2D eigenvalue weighted by molar-refractivity contribution is 4.86. The first-order valence-electron chi connectivity index (χ1n) is 4.51. The van der Waals surface area contributed by atoms with Crippen molar-refractivity contribution in [3.05, 3.63) is 0 Å². The van der Waals surface area contributed by atoms with E-state index in [4.69, 9.17) is 4.74 Å². The second-order valence-corrected chi connectivity index (χ2v) is 3.40. The zero-order chi connectivity index (χ0) is 7.57. The van der Waals surface area contributed by atoms with Gasteiger partial charge in [-0.2, -0.15) is 0 Å². The summed E-state index contributed by atoms with van der Waals surface area (Å²) in [5.41, 5.74) is -0.00347. The zero-order valence-electron chi connectivity index (χ0n) is 6.86. The standard InChI is InChI=1S/C8H16N2O/c1-3-8(7-9-4-1)10-5-2-6-11-8/h9-10H,1-7H2. The second-order valence-electron chi connectivity index (χ2n) is 3.40. The van der Waals surface area contributed by atoms with Gasteiger partial charge in [-0.1, -0.05) is 0 Å². The molecule has 1 spiro atoms. The lowest BCUT2D eigenvalue weighted by atomic mass is 10.0. The van der Waals surface area contributed by atoms with E-state index in [0.29, 0.717) is 0 Å². The van der Waals surface area contributed by atoms with Crippen molar-refractivity contribution in [1.82, 2.24) is 10.6 Å². The van der Waals surface area contributed by atoms with Crippen LogP contribution in [0, 0.1) is 0 Å². The Morgan fingerprint density at radius 3 is 2.82 bits per heavy atom. The molecule has 2 rings (SSSR count). The Kier molecular flexibility index (Phi) is 2.11. The maximum Gasteiger partial charge on any atom is 0.131 e. The SMILES string of the molecule is C1CNC2(CCCNC2)OC1. The van der Waals surface area contributed by atoms with Gasteiger partial charge < -0.3 is 10.1 Å². The number of piperidine rings is 1. The highest BCUT2D eigenvalue weighted by Gasteiger charge is 2.33. The van der Waals surface area contributed by atoms with E-state index in [2.05, 4.69) is 10.6 Å². The topological polar surface area (TPSA) is 33.3 Å². The quantitative estimate of drug-likeness (QED) is 0.521. The van der Waals surface area contributed by atoms with Crippen molar-refractivity contribution >= 4 is 0 Å². The van der Waals surface area contributed by atoms with Crippen LogP contribution in [-0.4, -0.2) is 32.0 Å². The lowest BCUT2D eigenvalue weighted by Crippen LogP contribution is -2.60. The van der Waals surface area contributed by atoms with E-state index < -0.39 is 0 Å². The van der Waals surface area contributed by atoms with Crippen molar-refractivity contribution in [3.8, 4) is 0 Å². The molecule has 3 heteroatoms. The number of hydrogen-bond donors (Lipinski definition) is 2. The molecule has 2 fully saturated rings. The molecule has 1 atom stereocenters. The fourth-order valence-electron chi connectivity index (χ4n) is 1.86. The maximum atomic E-state index is 5.73. The Bertz CT molecular complexity index is 107. The molecule has 2 saturated heterocycles. The molecule has 3 nitrogen and oxygen atoms in total. The molecule has 11 heavy (non-hydrogen) atoms. The normalized spacial score (nSPS) is 39.3. The summed E-state index contributed by atoms with van der Waals surface area (Å²) in [5.74, 6) is 0. The van der Waals surface area contributed by atoms with Gasteiger partial charge >= 0.3 is 0 Å². The van der Waals surface area contributed by atoms with E-state index in [1.54, 1.807) is 0 Å². The third-order valence-electron chi connectivity index (χ3n) is 2.49. The van der Waals surface area contributed by atoms with Gasteiger partial charge in [0.05, 0.1) is 6.61 Å². The molecule has 0 aromatic heterocycles. The summed E-state index contributed by atoms with van der Waals surface area (Å²) >= 11 is 0. The van der Waals surface area contributed by atoms with Crippen molar-refractivity contribution in [2.45, 2.75) is 25.0 Å². The Hall–Kier alpha value is -0.120. The smallest absolute Gasteiger partial charge is 0.131 e. The molecule has 0 aromatic carbocycles. The first-order valence-corrected chi connectivity index (χ1v) is 4.51.